The lowest BCUT2D eigenvalue weighted by atomic mass is 9.78. The Morgan fingerprint density at radius 2 is 1.90 bits per heavy atom. The van der Waals surface area contributed by atoms with E-state index in [1.54, 1.807) is 0 Å². The fourth-order valence-corrected chi connectivity index (χ4v) is 3.23. The van der Waals surface area contributed by atoms with E-state index in [-0.39, 0.29) is 0 Å². The van der Waals surface area contributed by atoms with Crippen molar-refractivity contribution in [3.05, 3.63) is 23.8 Å². The number of aryl methyl sites for hydroxylation is 1. The van der Waals surface area contributed by atoms with Crippen molar-refractivity contribution in [2.45, 2.75) is 59.4 Å². The number of ether oxygens (including phenoxy) is 1. The van der Waals surface area contributed by atoms with Crippen LogP contribution in [0.25, 0.3) is 0 Å². The van der Waals surface area contributed by atoms with Crippen molar-refractivity contribution < 1.29 is 4.74 Å². The molecule has 2 atom stereocenters. The molecule has 0 radical (unpaired) electrons. The van der Waals surface area contributed by atoms with Gasteiger partial charge >= 0.3 is 0 Å². The fraction of sp³-hybridized carbons (Fsp3) is 0.667. The van der Waals surface area contributed by atoms with Gasteiger partial charge in [-0.1, -0.05) is 33.3 Å². The summed E-state index contributed by atoms with van der Waals surface area (Å²) in [7, 11) is 0. The zero-order valence-electron chi connectivity index (χ0n) is 13.4. The summed E-state index contributed by atoms with van der Waals surface area (Å²) in [4.78, 5) is 0. The van der Waals surface area contributed by atoms with Crippen LogP contribution in [0.15, 0.2) is 18.2 Å². The van der Waals surface area contributed by atoms with Crippen molar-refractivity contribution in [1.29, 1.82) is 0 Å². The molecule has 0 amide bonds. The highest BCUT2D eigenvalue weighted by molar-refractivity contribution is 5.58. The fourth-order valence-electron chi connectivity index (χ4n) is 3.23. The topological polar surface area (TPSA) is 21.3 Å². The molecule has 2 nitrogen and oxygen atoms in total. The van der Waals surface area contributed by atoms with E-state index in [9.17, 15) is 0 Å². The normalized spacial score (nSPS) is 26.3. The van der Waals surface area contributed by atoms with Crippen molar-refractivity contribution >= 4 is 5.69 Å². The lowest BCUT2D eigenvalue weighted by Crippen LogP contribution is -2.37. The lowest BCUT2D eigenvalue weighted by molar-refractivity contribution is 0.266. The van der Waals surface area contributed by atoms with Crippen LogP contribution in [-0.4, -0.2) is 12.6 Å². The Labute approximate surface area is 123 Å². The molecule has 1 aromatic carbocycles. The smallest absolute Gasteiger partial charge is 0.142 e. The number of nitrogens with one attached hydrogen (secondary N) is 1. The minimum atomic E-state index is 0.565. The summed E-state index contributed by atoms with van der Waals surface area (Å²) < 4.78 is 5.92. The van der Waals surface area contributed by atoms with Crippen LogP contribution in [0, 0.1) is 18.8 Å². The van der Waals surface area contributed by atoms with E-state index in [2.05, 4.69) is 51.2 Å². The van der Waals surface area contributed by atoms with E-state index in [0.717, 1.165) is 36.3 Å². The molecule has 1 aliphatic rings. The van der Waals surface area contributed by atoms with E-state index in [4.69, 9.17) is 4.74 Å². The molecule has 2 rings (SSSR count). The highest BCUT2D eigenvalue weighted by atomic mass is 16.5. The Kier molecular flexibility index (Phi) is 5.33. The average molecular weight is 275 g/mol. The van der Waals surface area contributed by atoms with Crippen molar-refractivity contribution in [1.82, 2.24) is 0 Å². The maximum absolute atomic E-state index is 5.92. The highest BCUT2D eigenvalue weighted by Gasteiger charge is 2.28. The summed E-state index contributed by atoms with van der Waals surface area (Å²) in [5, 5.41) is 3.76. The largest absolute Gasteiger partial charge is 0.491 e. The quantitative estimate of drug-likeness (QED) is 0.814. The monoisotopic (exact) mass is 275 g/mol. The van der Waals surface area contributed by atoms with Gasteiger partial charge in [-0.25, -0.2) is 0 Å². The van der Waals surface area contributed by atoms with Gasteiger partial charge in [0.2, 0.25) is 0 Å². The van der Waals surface area contributed by atoms with Gasteiger partial charge in [-0.05, 0) is 55.7 Å². The third kappa shape index (κ3) is 3.68. The van der Waals surface area contributed by atoms with Crippen LogP contribution in [0.4, 0.5) is 5.69 Å². The maximum Gasteiger partial charge on any atom is 0.142 e. The van der Waals surface area contributed by atoms with Gasteiger partial charge in [0.1, 0.15) is 5.75 Å². The summed E-state index contributed by atoms with van der Waals surface area (Å²) in [6.45, 7) is 9.79. The third-order valence-corrected chi connectivity index (χ3v) is 4.47. The zero-order chi connectivity index (χ0) is 14.5. The van der Waals surface area contributed by atoms with E-state index >= 15 is 0 Å². The van der Waals surface area contributed by atoms with Crippen molar-refractivity contribution in [3.63, 3.8) is 0 Å². The molecule has 1 saturated carbocycles. The van der Waals surface area contributed by atoms with Crippen LogP contribution in [0.1, 0.15) is 52.0 Å². The van der Waals surface area contributed by atoms with E-state index in [1.807, 2.05) is 0 Å². The van der Waals surface area contributed by atoms with Crippen LogP contribution >= 0.6 is 0 Å². The molecule has 1 fully saturated rings. The van der Waals surface area contributed by atoms with Crippen LogP contribution in [0.2, 0.25) is 0 Å². The van der Waals surface area contributed by atoms with Crippen molar-refractivity contribution in [3.8, 4) is 5.75 Å². The highest BCUT2D eigenvalue weighted by Crippen LogP contribution is 2.34. The number of benzene rings is 1. The van der Waals surface area contributed by atoms with Crippen LogP contribution in [0.5, 0.6) is 5.75 Å². The molecule has 0 saturated heterocycles. The van der Waals surface area contributed by atoms with Crippen LogP contribution in [-0.2, 0) is 0 Å². The van der Waals surface area contributed by atoms with E-state index in [1.165, 1.54) is 24.8 Å². The molecule has 2 unspecified atom stereocenters. The van der Waals surface area contributed by atoms with Gasteiger partial charge in [0.15, 0.2) is 0 Å². The Morgan fingerprint density at radius 1 is 1.20 bits per heavy atom. The van der Waals surface area contributed by atoms with E-state index in [0.29, 0.717) is 6.04 Å². The Morgan fingerprint density at radius 3 is 2.55 bits per heavy atom. The van der Waals surface area contributed by atoms with Crippen molar-refractivity contribution in [2.24, 2.45) is 11.8 Å². The Bertz CT molecular complexity index is 419. The summed E-state index contributed by atoms with van der Waals surface area (Å²) >= 11 is 0. The number of rotatable bonds is 5. The zero-order valence-corrected chi connectivity index (χ0v) is 13.4. The van der Waals surface area contributed by atoms with Crippen molar-refractivity contribution in [2.75, 3.05) is 11.9 Å². The molecule has 112 valence electrons. The van der Waals surface area contributed by atoms with Gasteiger partial charge < -0.3 is 10.1 Å². The second-order valence-corrected chi connectivity index (χ2v) is 6.40. The van der Waals surface area contributed by atoms with Crippen LogP contribution < -0.4 is 10.1 Å². The molecule has 20 heavy (non-hydrogen) atoms. The van der Waals surface area contributed by atoms with Gasteiger partial charge in [-0.3, -0.25) is 0 Å². The molecule has 1 aliphatic carbocycles. The van der Waals surface area contributed by atoms with Gasteiger partial charge in [0.05, 0.1) is 12.3 Å². The first kappa shape index (κ1) is 15.2. The molecule has 0 bridgehead atoms. The SMILES string of the molecule is CCCOc1cc(C)ccc1NC1C(C)CCCC1C. The molecule has 1 aromatic rings. The minimum Gasteiger partial charge on any atom is -0.491 e. The predicted molar refractivity (Wildman–Crippen MR) is 86.6 cm³/mol. The van der Waals surface area contributed by atoms with Gasteiger partial charge in [-0.15, -0.1) is 0 Å². The number of hydrogen-bond donors (Lipinski definition) is 1. The lowest BCUT2D eigenvalue weighted by Gasteiger charge is -2.36. The van der Waals surface area contributed by atoms with Gasteiger partial charge in [-0.2, -0.15) is 0 Å². The first-order valence-electron chi connectivity index (χ1n) is 8.11. The molecular weight excluding hydrogens is 246 g/mol. The number of anilines is 1. The Hall–Kier alpha value is -1.18. The summed E-state index contributed by atoms with van der Waals surface area (Å²) in [5.74, 6) is 2.48. The second-order valence-electron chi connectivity index (χ2n) is 6.40. The molecule has 0 heterocycles. The molecule has 2 heteroatoms. The molecule has 1 N–H and O–H groups in total. The molecule has 0 aliphatic heterocycles. The maximum atomic E-state index is 5.92. The van der Waals surface area contributed by atoms with Gasteiger partial charge in [0, 0.05) is 6.04 Å². The van der Waals surface area contributed by atoms with Crippen LogP contribution in [0.3, 0.4) is 0 Å². The standard InChI is InChI=1S/C18H29NO/c1-5-11-20-17-12-13(2)9-10-16(17)19-18-14(3)7-6-8-15(18)4/h9-10,12,14-15,18-19H,5-8,11H2,1-4H3. The van der Waals surface area contributed by atoms with E-state index < -0.39 is 0 Å². The second kappa shape index (κ2) is 7.01. The first-order valence-corrected chi connectivity index (χ1v) is 8.11. The minimum absolute atomic E-state index is 0.565. The Balaban J connectivity index is 2.14. The number of hydrogen-bond acceptors (Lipinski definition) is 2. The summed E-state index contributed by atoms with van der Waals surface area (Å²) in [6.07, 6.45) is 5.08. The summed E-state index contributed by atoms with van der Waals surface area (Å²) in [6, 6.07) is 7.06. The molecule has 0 aromatic heterocycles. The third-order valence-electron chi connectivity index (χ3n) is 4.47. The average Bonchev–Trinajstić information content (AvgIpc) is 2.42. The molecule has 0 spiro atoms. The summed E-state index contributed by atoms with van der Waals surface area (Å²) in [5.41, 5.74) is 2.42. The first-order chi connectivity index (χ1) is 9.61. The van der Waals surface area contributed by atoms with Gasteiger partial charge in [0.25, 0.3) is 0 Å². The molecular formula is C18H29NO. The predicted octanol–water partition coefficient (Wildman–Crippen LogP) is 5.02.